The fourth-order valence-corrected chi connectivity index (χ4v) is 2.64. The van der Waals surface area contributed by atoms with Crippen LogP contribution in [0.3, 0.4) is 0 Å². The molecule has 2 nitrogen and oxygen atoms in total. The maximum atomic E-state index is 5.24. The summed E-state index contributed by atoms with van der Waals surface area (Å²) in [4.78, 5) is 0. The van der Waals surface area contributed by atoms with Gasteiger partial charge in [-0.2, -0.15) is 0 Å². The smallest absolute Gasteiger partial charge is 0.119 e. The molecule has 0 spiro atoms. The van der Waals surface area contributed by atoms with Gasteiger partial charge in [-0.1, -0.05) is 27.6 Å². The molecule has 0 bridgehead atoms. The van der Waals surface area contributed by atoms with E-state index in [1.54, 1.807) is 12.7 Å². The molecule has 2 rings (SSSR count). The second-order valence-corrected chi connectivity index (χ2v) is 5.49. The minimum Gasteiger partial charge on any atom is -0.497 e. The molecule has 1 aliphatic carbocycles. The van der Waals surface area contributed by atoms with Gasteiger partial charge in [-0.15, -0.1) is 0 Å². The first kappa shape index (κ1) is 13.6. The number of hydrogen-bond acceptors (Lipinski definition) is 2. The number of methoxy groups -OCH3 is 1. The molecule has 0 radical (unpaired) electrons. The van der Waals surface area contributed by atoms with Gasteiger partial charge in [0, 0.05) is 11.0 Å². The van der Waals surface area contributed by atoms with E-state index in [0.29, 0.717) is 0 Å². The Morgan fingerprint density at radius 3 is 3.00 bits per heavy atom. The number of nitrogens with one attached hydrogen (secondary N) is 1. The van der Waals surface area contributed by atoms with E-state index in [2.05, 4.69) is 33.4 Å². The van der Waals surface area contributed by atoms with Crippen molar-refractivity contribution in [2.24, 2.45) is 0 Å². The molecule has 0 saturated heterocycles. The first-order chi connectivity index (χ1) is 8.79. The molecule has 1 aromatic rings. The van der Waals surface area contributed by atoms with Gasteiger partial charge < -0.3 is 10.1 Å². The maximum absolute atomic E-state index is 5.24. The summed E-state index contributed by atoms with van der Waals surface area (Å²) in [5.41, 5.74) is 2.86. The molecule has 18 heavy (non-hydrogen) atoms. The normalized spacial score (nSPS) is 14.7. The van der Waals surface area contributed by atoms with Crippen LogP contribution in [0.25, 0.3) is 0 Å². The molecule has 0 amide bonds. The Morgan fingerprint density at radius 2 is 2.28 bits per heavy atom. The third-order valence-electron chi connectivity index (χ3n) is 3.33. The summed E-state index contributed by atoms with van der Waals surface area (Å²) in [5.74, 6) is 0.911. The van der Waals surface area contributed by atoms with Crippen LogP contribution in [0.5, 0.6) is 5.75 Å². The van der Waals surface area contributed by atoms with Crippen LogP contribution in [0.1, 0.15) is 31.2 Å². The molecule has 0 aliphatic heterocycles. The van der Waals surface area contributed by atoms with E-state index in [-0.39, 0.29) is 0 Å². The summed E-state index contributed by atoms with van der Waals surface area (Å²) in [7, 11) is 1.70. The summed E-state index contributed by atoms with van der Waals surface area (Å²) in [6.45, 7) is 1.93. The monoisotopic (exact) mass is 309 g/mol. The molecular formula is C15H20BrNO. The van der Waals surface area contributed by atoms with Gasteiger partial charge in [-0.05, 0) is 56.0 Å². The molecule has 0 atom stereocenters. The molecular weight excluding hydrogens is 290 g/mol. The van der Waals surface area contributed by atoms with E-state index in [1.165, 1.54) is 31.2 Å². The quantitative estimate of drug-likeness (QED) is 0.632. The van der Waals surface area contributed by atoms with Crippen LogP contribution in [0.15, 0.2) is 34.3 Å². The van der Waals surface area contributed by atoms with Crippen molar-refractivity contribution in [2.45, 2.75) is 32.2 Å². The number of allylic oxidation sites excluding steroid dienone is 1. The topological polar surface area (TPSA) is 21.3 Å². The molecule has 0 fully saturated rings. The lowest BCUT2D eigenvalue weighted by Crippen LogP contribution is -2.15. The summed E-state index contributed by atoms with van der Waals surface area (Å²) in [5, 5.41) is 3.49. The van der Waals surface area contributed by atoms with Crippen LogP contribution in [-0.4, -0.2) is 13.7 Å². The predicted octanol–water partition coefficient (Wildman–Crippen LogP) is 4.05. The zero-order valence-electron chi connectivity index (χ0n) is 10.8. The van der Waals surface area contributed by atoms with Crippen molar-refractivity contribution >= 4 is 15.9 Å². The van der Waals surface area contributed by atoms with Gasteiger partial charge in [0.25, 0.3) is 0 Å². The van der Waals surface area contributed by atoms with Gasteiger partial charge in [0.05, 0.1) is 7.11 Å². The van der Waals surface area contributed by atoms with Crippen LogP contribution in [0, 0.1) is 0 Å². The minimum absolute atomic E-state index is 0.880. The van der Waals surface area contributed by atoms with Crippen molar-refractivity contribution in [1.29, 1.82) is 0 Å². The summed E-state index contributed by atoms with van der Waals surface area (Å²) >= 11 is 3.57. The third-order valence-corrected chi connectivity index (χ3v) is 4.10. The van der Waals surface area contributed by atoms with E-state index in [4.69, 9.17) is 4.74 Å². The lowest BCUT2D eigenvalue weighted by Gasteiger charge is -2.09. The number of halogens is 1. The Labute approximate surface area is 118 Å². The lowest BCUT2D eigenvalue weighted by molar-refractivity contribution is 0.414. The van der Waals surface area contributed by atoms with Crippen molar-refractivity contribution in [2.75, 3.05) is 13.7 Å². The molecule has 98 valence electrons. The van der Waals surface area contributed by atoms with E-state index < -0.39 is 0 Å². The molecule has 0 aromatic heterocycles. The molecule has 1 aliphatic rings. The van der Waals surface area contributed by atoms with Gasteiger partial charge in [-0.3, -0.25) is 0 Å². The van der Waals surface area contributed by atoms with Crippen molar-refractivity contribution in [3.8, 4) is 5.75 Å². The molecule has 1 N–H and O–H groups in total. The zero-order chi connectivity index (χ0) is 12.8. The molecule has 1 aromatic carbocycles. The van der Waals surface area contributed by atoms with Crippen LogP contribution in [-0.2, 0) is 6.54 Å². The van der Waals surface area contributed by atoms with E-state index in [9.17, 15) is 0 Å². The second kappa shape index (κ2) is 6.95. The Hall–Kier alpha value is -0.800. The second-order valence-electron chi connectivity index (χ2n) is 4.64. The molecule has 3 heteroatoms. The maximum Gasteiger partial charge on any atom is 0.119 e. The molecule has 0 saturated carbocycles. The average Bonchev–Trinajstić information content (AvgIpc) is 2.89. The van der Waals surface area contributed by atoms with Crippen molar-refractivity contribution in [1.82, 2.24) is 5.32 Å². The van der Waals surface area contributed by atoms with E-state index >= 15 is 0 Å². The largest absolute Gasteiger partial charge is 0.497 e. The van der Waals surface area contributed by atoms with Gasteiger partial charge in [0.15, 0.2) is 0 Å². The van der Waals surface area contributed by atoms with Crippen LogP contribution >= 0.6 is 15.9 Å². The summed E-state index contributed by atoms with van der Waals surface area (Å²) in [6, 6.07) is 6.08. The summed E-state index contributed by atoms with van der Waals surface area (Å²) < 4.78 is 6.37. The van der Waals surface area contributed by atoms with Gasteiger partial charge in [-0.25, -0.2) is 0 Å². The lowest BCUT2D eigenvalue weighted by atomic mass is 10.1. The SMILES string of the molecule is COc1ccc(Br)c(CNCCC2=CCCC2)c1. The number of benzene rings is 1. The fourth-order valence-electron chi connectivity index (χ4n) is 2.25. The van der Waals surface area contributed by atoms with Crippen LogP contribution in [0.2, 0.25) is 0 Å². The Balaban J connectivity index is 1.78. The predicted molar refractivity (Wildman–Crippen MR) is 79.0 cm³/mol. The number of rotatable bonds is 6. The first-order valence-corrected chi connectivity index (χ1v) is 7.30. The van der Waals surface area contributed by atoms with Gasteiger partial charge >= 0.3 is 0 Å². The standard InChI is InChI=1S/C15H20BrNO/c1-18-14-6-7-15(16)13(10-14)11-17-9-8-12-4-2-3-5-12/h4,6-7,10,17H,2-3,5,8-9,11H2,1H3. The van der Waals surface area contributed by atoms with Crippen molar-refractivity contribution in [3.63, 3.8) is 0 Å². The first-order valence-electron chi connectivity index (χ1n) is 6.50. The van der Waals surface area contributed by atoms with Crippen LogP contribution < -0.4 is 10.1 Å². The van der Waals surface area contributed by atoms with Crippen molar-refractivity contribution in [3.05, 3.63) is 39.9 Å². The highest BCUT2D eigenvalue weighted by atomic mass is 79.9. The van der Waals surface area contributed by atoms with Gasteiger partial charge in [0.1, 0.15) is 5.75 Å². The average molecular weight is 310 g/mol. The highest BCUT2D eigenvalue weighted by Crippen LogP contribution is 2.23. The van der Waals surface area contributed by atoms with Crippen molar-refractivity contribution < 1.29 is 4.74 Å². The Kier molecular flexibility index (Phi) is 5.26. The Bertz CT molecular complexity index is 429. The fraction of sp³-hybridized carbons (Fsp3) is 0.467. The third kappa shape index (κ3) is 3.85. The highest BCUT2D eigenvalue weighted by Gasteiger charge is 2.05. The van der Waals surface area contributed by atoms with Crippen LogP contribution in [0.4, 0.5) is 0 Å². The Morgan fingerprint density at radius 1 is 1.39 bits per heavy atom. The zero-order valence-corrected chi connectivity index (χ0v) is 12.4. The highest BCUT2D eigenvalue weighted by molar-refractivity contribution is 9.10. The van der Waals surface area contributed by atoms with Gasteiger partial charge in [0.2, 0.25) is 0 Å². The molecule has 0 heterocycles. The summed E-state index contributed by atoms with van der Waals surface area (Å²) in [6.07, 6.45) is 7.49. The minimum atomic E-state index is 0.880. The molecule has 0 unspecified atom stereocenters. The number of hydrogen-bond donors (Lipinski definition) is 1. The van der Waals surface area contributed by atoms with E-state index in [0.717, 1.165) is 23.3 Å². The van der Waals surface area contributed by atoms with E-state index in [1.807, 2.05) is 12.1 Å². The number of ether oxygens (including phenoxy) is 1.